The van der Waals surface area contributed by atoms with Crippen molar-refractivity contribution in [2.45, 2.75) is 6.61 Å². The van der Waals surface area contributed by atoms with E-state index in [9.17, 15) is 0 Å². The van der Waals surface area contributed by atoms with Crippen molar-refractivity contribution in [3.63, 3.8) is 0 Å². The fourth-order valence-electron chi connectivity index (χ4n) is 1.26. The minimum atomic E-state index is 0.418. The number of nitrogen functional groups attached to an aromatic ring is 1. The molecule has 0 fully saturated rings. The number of para-hydroxylation sites is 2. The van der Waals surface area contributed by atoms with Crippen molar-refractivity contribution >= 4 is 21.6 Å². The summed E-state index contributed by atoms with van der Waals surface area (Å²) in [6.07, 6.45) is 1.74. The van der Waals surface area contributed by atoms with Gasteiger partial charge in [0.05, 0.1) is 11.4 Å². The lowest BCUT2D eigenvalue weighted by atomic mass is 10.3. The Morgan fingerprint density at radius 1 is 1.19 bits per heavy atom. The van der Waals surface area contributed by atoms with Gasteiger partial charge in [0.2, 0.25) is 0 Å². The lowest BCUT2D eigenvalue weighted by Crippen LogP contribution is -2.00. The van der Waals surface area contributed by atoms with E-state index in [1.54, 1.807) is 6.20 Å². The molecule has 1 aromatic carbocycles. The van der Waals surface area contributed by atoms with Gasteiger partial charge in [0.1, 0.15) is 12.4 Å². The first kappa shape index (κ1) is 11.0. The van der Waals surface area contributed by atoms with Gasteiger partial charge in [-0.2, -0.15) is 0 Å². The molecule has 0 bridgehead atoms. The van der Waals surface area contributed by atoms with Crippen molar-refractivity contribution in [2.24, 2.45) is 0 Å². The first-order valence-electron chi connectivity index (χ1n) is 4.83. The summed E-state index contributed by atoms with van der Waals surface area (Å²) in [5.41, 5.74) is 7.26. The molecule has 16 heavy (non-hydrogen) atoms. The van der Waals surface area contributed by atoms with Crippen LogP contribution in [0.2, 0.25) is 0 Å². The molecule has 1 aromatic heterocycles. The predicted molar refractivity (Wildman–Crippen MR) is 67.1 cm³/mol. The highest BCUT2D eigenvalue weighted by Crippen LogP contribution is 2.20. The lowest BCUT2D eigenvalue weighted by molar-refractivity contribution is 0.303. The maximum atomic E-state index is 5.76. The number of halogens is 1. The molecule has 1 heterocycles. The Hall–Kier alpha value is -1.55. The molecule has 4 heteroatoms. The smallest absolute Gasteiger partial charge is 0.142 e. The summed E-state index contributed by atoms with van der Waals surface area (Å²) in [5.74, 6) is 0.687. The first-order chi connectivity index (χ1) is 7.75. The number of anilines is 1. The number of nitrogens with zero attached hydrogens (tertiary/aromatic N) is 1. The van der Waals surface area contributed by atoms with Gasteiger partial charge in [-0.3, -0.25) is 4.98 Å². The van der Waals surface area contributed by atoms with Crippen LogP contribution < -0.4 is 10.5 Å². The van der Waals surface area contributed by atoms with E-state index < -0.39 is 0 Å². The molecule has 0 saturated carbocycles. The number of benzene rings is 1. The highest BCUT2D eigenvalue weighted by Gasteiger charge is 2.00. The Labute approximate surface area is 102 Å². The molecule has 0 amide bonds. The third-order valence-corrected chi connectivity index (χ3v) is 2.55. The molecule has 0 aliphatic carbocycles. The van der Waals surface area contributed by atoms with Crippen LogP contribution >= 0.6 is 15.9 Å². The molecule has 2 rings (SSSR count). The molecule has 2 aromatic rings. The number of pyridine rings is 1. The minimum absolute atomic E-state index is 0.418. The van der Waals surface area contributed by atoms with Gasteiger partial charge in [-0.25, -0.2) is 0 Å². The normalized spacial score (nSPS) is 10.1. The monoisotopic (exact) mass is 278 g/mol. The van der Waals surface area contributed by atoms with Gasteiger partial charge in [0, 0.05) is 10.7 Å². The van der Waals surface area contributed by atoms with Crippen molar-refractivity contribution < 1.29 is 4.74 Å². The standard InChI is InChI=1S/C12H11BrN2O/c13-9-5-6-10(15-7-9)8-16-12-4-2-1-3-11(12)14/h1-7H,8,14H2. The topological polar surface area (TPSA) is 48.1 Å². The molecule has 0 aliphatic rings. The molecule has 0 spiro atoms. The minimum Gasteiger partial charge on any atom is -0.485 e. The fraction of sp³-hybridized carbons (Fsp3) is 0.0833. The van der Waals surface area contributed by atoms with Crippen LogP contribution in [0.1, 0.15) is 5.69 Å². The number of ether oxygens (including phenoxy) is 1. The molecule has 2 N–H and O–H groups in total. The van der Waals surface area contributed by atoms with Crippen molar-refractivity contribution in [3.05, 3.63) is 52.8 Å². The number of rotatable bonds is 3. The van der Waals surface area contributed by atoms with E-state index in [4.69, 9.17) is 10.5 Å². The third kappa shape index (κ3) is 2.73. The Balaban J connectivity index is 2.02. The average Bonchev–Trinajstić information content (AvgIpc) is 2.30. The van der Waals surface area contributed by atoms with Crippen LogP contribution in [0.3, 0.4) is 0 Å². The van der Waals surface area contributed by atoms with Crippen LogP contribution in [0, 0.1) is 0 Å². The molecule has 0 aliphatic heterocycles. The van der Waals surface area contributed by atoms with Crippen LogP contribution in [0.15, 0.2) is 47.1 Å². The molecular weight excluding hydrogens is 268 g/mol. The molecule has 0 radical (unpaired) electrons. The lowest BCUT2D eigenvalue weighted by Gasteiger charge is -2.07. The number of hydrogen-bond donors (Lipinski definition) is 1. The predicted octanol–water partition coefficient (Wildman–Crippen LogP) is 3.01. The summed E-state index contributed by atoms with van der Waals surface area (Å²) in [4.78, 5) is 4.21. The van der Waals surface area contributed by atoms with Gasteiger partial charge >= 0.3 is 0 Å². The number of nitrogens with two attached hydrogens (primary N) is 1. The van der Waals surface area contributed by atoms with E-state index in [1.807, 2.05) is 36.4 Å². The van der Waals surface area contributed by atoms with Gasteiger partial charge in [0.15, 0.2) is 0 Å². The Bertz CT molecular complexity index is 471. The van der Waals surface area contributed by atoms with Crippen LogP contribution in [-0.2, 0) is 6.61 Å². The zero-order valence-electron chi connectivity index (χ0n) is 8.56. The van der Waals surface area contributed by atoms with Crippen molar-refractivity contribution in [3.8, 4) is 5.75 Å². The van der Waals surface area contributed by atoms with E-state index in [0.29, 0.717) is 18.0 Å². The van der Waals surface area contributed by atoms with E-state index in [-0.39, 0.29) is 0 Å². The van der Waals surface area contributed by atoms with Gasteiger partial charge in [-0.15, -0.1) is 0 Å². The second-order valence-electron chi connectivity index (χ2n) is 3.29. The summed E-state index contributed by atoms with van der Waals surface area (Å²) >= 11 is 3.33. The summed E-state index contributed by atoms with van der Waals surface area (Å²) in [6.45, 7) is 0.418. The third-order valence-electron chi connectivity index (χ3n) is 2.08. The Morgan fingerprint density at radius 3 is 2.69 bits per heavy atom. The zero-order valence-corrected chi connectivity index (χ0v) is 10.1. The summed E-state index contributed by atoms with van der Waals surface area (Å²) in [5, 5.41) is 0. The van der Waals surface area contributed by atoms with E-state index in [1.165, 1.54) is 0 Å². The maximum absolute atomic E-state index is 5.76. The quantitative estimate of drug-likeness (QED) is 0.878. The van der Waals surface area contributed by atoms with Gasteiger partial charge in [0.25, 0.3) is 0 Å². The highest BCUT2D eigenvalue weighted by molar-refractivity contribution is 9.10. The van der Waals surface area contributed by atoms with E-state index in [0.717, 1.165) is 10.2 Å². The maximum Gasteiger partial charge on any atom is 0.142 e. The fourth-order valence-corrected chi connectivity index (χ4v) is 1.49. The molecule has 3 nitrogen and oxygen atoms in total. The van der Waals surface area contributed by atoms with Gasteiger partial charge in [-0.05, 0) is 40.2 Å². The van der Waals surface area contributed by atoms with Gasteiger partial charge < -0.3 is 10.5 Å². The largest absolute Gasteiger partial charge is 0.485 e. The van der Waals surface area contributed by atoms with Crippen molar-refractivity contribution in [1.29, 1.82) is 0 Å². The molecule has 0 unspecified atom stereocenters. The van der Waals surface area contributed by atoms with Crippen LogP contribution in [0.4, 0.5) is 5.69 Å². The second-order valence-corrected chi connectivity index (χ2v) is 4.21. The number of hydrogen-bond acceptors (Lipinski definition) is 3. The first-order valence-corrected chi connectivity index (χ1v) is 5.63. The van der Waals surface area contributed by atoms with Crippen molar-refractivity contribution in [2.75, 3.05) is 5.73 Å². The van der Waals surface area contributed by atoms with Crippen LogP contribution in [-0.4, -0.2) is 4.98 Å². The second kappa shape index (κ2) is 4.99. The molecular formula is C12H11BrN2O. The summed E-state index contributed by atoms with van der Waals surface area (Å²) in [7, 11) is 0. The summed E-state index contributed by atoms with van der Waals surface area (Å²) in [6, 6.07) is 11.3. The van der Waals surface area contributed by atoms with E-state index in [2.05, 4.69) is 20.9 Å². The molecule has 0 atom stereocenters. The van der Waals surface area contributed by atoms with Crippen molar-refractivity contribution in [1.82, 2.24) is 4.98 Å². The summed E-state index contributed by atoms with van der Waals surface area (Å²) < 4.78 is 6.51. The highest BCUT2D eigenvalue weighted by atomic mass is 79.9. The van der Waals surface area contributed by atoms with Crippen LogP contribution in [0.25, 0.3) is 0 Å². The molecule has 82 valence electrons. The Morgan fingerprint density at radius 2 is 2.00 bits per heavy atom. The van der Waals surface area contributed by atoms with Gasteiger partial charge in [-0.1, -0.05) is 12.1 Å². The zero-order chi connectivity index (χ0) is 11.4. The van der Waals surface area contributed by atoms with E-state index >= 15 is 0 Å². The average molecular weight is 279 g/mol. The molecule has 0 saturated heterocycles. The Kier molecular flexibility index (Phi) is 3.41. The SMILES string of the molecule is Nc1ccccc1OCc1ccc(Br)cn1. The van der Waals surface area contributed by atoms with Crippen LogP contribution in [0.5, 0.6) is 5.75 Å². The number of aromatic nitrogens is 1.